The molecule has 21 heavy (non-hydrogen) atoms. The van der Waals surface area contributed by atoms with Gasteiger partial charge in [0.2, 0.25) is 0 Å². The van der Waals surface area contributed by atoms with Gasteiger partial charge in [-0.2, -0.15) is 0 Å². The van der Waals surface area contributed by atoms with E-state index in [1.165, 1.54) is 17.4 Å². The Morgan fingerprint density at radius 1 is 1.29 bits per heavy atom. The summed E-state index contributed by atoms with van der Waals surface area (Å²) in [5.74, 6) is 0.189. The predicted molar refractivity (Wildman–Crippen MR) is 83.8 cm³/mol. The van der Waals surface area contributed by atoms with Crippen LogP contribution in [-0.4, -0.2) is 20.6 Å². The number of furan rings is 1. The minimum atomic E-state index is -3.77. The molecule has 0 atom stereocenters. The molecule has 7 heteroatoms. The van der Waals surface area contributed by atoms with Crippen LogP contribution in [0.4, 0.5) is 5.69 Å². The Labute approximate surface area is 132 Å². The highest BCUT2D eigenvalue weighted by Crippen LogP contribution is 2.32. The number of anilines is 1. The molecule has 0 bridgehead atoms. The van der Waals surface area contributed by atoms with Crippen LogP contribution in [0.1, 0.15) is 16.9 Å². The van der Waals surface area contributed by atoms with Crippen molar-refractivity contribution >= 4 is 31.6 Å². The third-order valence-electron chi connectivity index (χ3n) is 3.19. The van der Waals surface area contributed by atoms with E-state index in [0.717, 1.165) is 11.1 Å². The van der Waals surface area contributed by atoms with Crippen LogP contribution in [0.25, 0.3) is 0 Å². The Hall–Kier alpha value is -1.31. The number of aliphatic hydroxyl groups is 1. The molecule has 0 aliphatic carbocycles. The van der Waals surface area contributed by atoms with Crippen molar-refractivity contribution in [2.24, 2.45) is 0 Å². The van der Waals surface area contributed by atoms with E-state index in [9.17, 15) is 8.42 Å². The van der Waals surface area contributed by atoms with E-state index < -0.39 is 10.0 Å². The molecule has 1 N–H and O–H groups in total. The average molecular weight is 374 g/mol. The van der Waals surface area contributed by atoms with Crippen LogP contribution in [0, 0.1) is 13.8 Å². The molecule has 0 radical (unpaired) electrons. The maximum atomic E-state index is 12.7. The van der Waals surface area contributed by atoms with Gasteiger partial charge >= 0.3 is 0 Å². The molecule has 5 nitrogen and oxygen atoms in total. The first-order valence-electron chi connectivity index (χ1n) is 6.22. The summed E-state index contributed by atoms with van der Waals surface area (Å²) in [5, 5.41) is 9.05. The van der Waals surface area contributed by atoms with Crippen molar-refractivity contribution in [1.82, 2.24) is 0 Å². The van der Waals surface area contributed by atoms with Crippen molar-refractivity contribution in [3.8, 4) is 0 Å². The van der Waals surface area contributed by atoms with Crippen LogP contribution in [0.5, 0.6) is 0 Å². The summed E-state index contributed by atoms with van der Waals surface area (Å²) in [5.41, 5.74) is 2.52. The maximum Gasteiger partial charge on any atom is 0.268 e. The highest BCUT2D eigenvalue weighted by atomic mass is 79.9. The molecule has 2 rings (SSSR count). The van der Waals surface area contributed by atoms with Crippen molar-refractivity contribution in [2.45, 2.75) is 25.3 Å². The van der Waals surface area contributed by atoms with Crippen LogP contribution in [-0.2, 0) is 16.6 Å². The van der Waals surface area contributed by atoms with Gasteiger partial charge in [-0.05, 0) is 41.4 Å². The van der Waals surface area contributed by atoms with Gasteiger partial charge in [0.25, 0.3) is 10.0 Å². The smallest absolute Gasteiger partial charge is 0.268 e. The van der Waals surface area contributed by atoms with Gasteiger partial charge in [0.15, 0.2) is 4.67 Å². The third-order valence-corrected chi connectivity index (χ3v) is 5.82. The van der Waals surface area contributed by atoms with E-state index in [2.05, 4.69) is 15.9 Å². The number of hydrogen-bond acceptors (Lipinski definition) is 4. The van der Waals surface area contributed by atoms with E-state index in [1.54, 1.807) is 6.07 Å². The summed E-state index contributed by atoms with van der Waals surface area (Å²) >= 11 is 3.08. The van der Waals surface area contributed by atoms with Crippen LogP contribution < -0.4 is 4.31 Å². The third kappa shape index (κ3) is 3.00. The van der Waals surface area contributed by atoms with Crippen molar-refractivity contribution in [3.63, 3.8) is 0 Å². The summed E-state index contributed by atoms with van der Waals surface area (Å²) in [7, 11) is -2.27. The second-order valence-electron chi connectivity index (χ2n) is 4.77. The Morgan fingerprint density at radius 2 is 1.95 bits per heavy atom. The summed E-state index contributed by atoms with van der Waals surface area (Å²) in [6, 6.07) is 6.87. The molecule has 0 unspecified atom stereocenters. The molecular weight excluding hydrogens is 358 g/mol. The van der Waals surface area contributed by atoms with Crippen LogP contribution in [0.3, 0.4) is 0 Å². The lowest BCUT2D eigenvalue weighted by Gasteiger charge is -2.21. The summed E-state index contributed by atoms with van der Waals surface area (Å²) < 4.78 is 31.8. The number of sulfonamides is 1. The predicted octanol–water partition coefficient (Wildman–Crippen LogP) is 2.98. The molecule has 0 saturated heterocycles. The lowest BCUT2D eigenvalue weighted by atomic mass is 10.1. The quantitative estimate of drug-likeness (QED) is 0.893. The van der Waals surface area contributed by atoms with Gasteiger partial charge in [0.05, 0.1) is 5.69 Å². The molecule has 0 fully saturated rings. The summed E-state index contributed by atoms with van der Waals surface area (Å²) in [6.45, 7) is 3.45. The largest absolute Gasteiger partial charge is 0.450 e. The van der Waals surface area contributed by atoms with Gasteiger partial charge < -0.3 is 9.52 Å². The summed E-state index contributed by atoms with van der Waals surface area (Å²) in [4.78, 5) is -0.00553. The van der Waals surface area contributed by atoms with Gasteiger partial charge in [0, 0.05) is 13.1 Å². The first-order valence-corrected chi connectivity index (χ1v) is 8.46. The van der Waals surface area contributed by atoms with E-state index in [1.807, 2.05) is 26.0 Å². The lowest BCUT2D eigenvalue weighted by molar-refractivity contribution is 0.245. The van der Waals surface area contributed by atoms with Gasteiger partial charge in [-0.15, -0.1) is 0 Å². The van der Waals surface area contributed by atoms with Crippen LogP contribution in [0.2, 0.25) is 0 Å². The standard InChI is InChI=1S/C14H16BrNO4S/c1-9-4-5-12(10(2)6-9)16(3)21(18,19)13-7-11(8-17)20-14(13)15/h4-7,17H,8H2,1-3H3. The zero-order valence-corrected chi connectivity index (χ0v) is 14.3. The Morgan fingerprint density at radius 3 is 2.48 bits per heavy atom. The van der Waals surface area contributed by atoms with Crippen LogP contribution >= 0.6 is 15.9 Å². The van der Waals surface area contributed by atoms with Crippen LogP contribution in [0.15, 0.2) is 38.2 Å². The van der Waals surface area contributed by atoms with Gasteiger partial charge in [-0.25, -0.2) is 8.42 Å². The molecule has 1 aromatic carbocycles. The molecule has 1 heterocycles. The fraction of sp³-hybridized carbons (Fsp3) is 0.286. The fourth-order valence-corrected chi connectivity index (χ4v) is 4.31. The molecule has 0 aliphatic rings. The Balaban J connectivity index is 2.49. The second-order valence-corrected chi connectivity index (χ2v) is 7.43. The number of hydrogen-bond donors (Lipinski definition) is 1. The Bertz CT molecular complexity index is 767. The number of benzene rings is 1. The van der Waals surface area contributed by atoms with E-state index in [-0.39, 0.29) is 21.9 Å². The normalized spacial score (nSPS) is 11.7. The maximum absolute atomic E-state index is 12.7. The number of nitrogens with zero attached hydrogens (tertiary/aromatic N) is 1. The number of halogens is 1. The number of rotatable bonds is 4. The molecular formula is C14H16BrNO4S. The molecule has 114 valence electrons. The first-order chi connectivity index (χ1) is 9.77. The van der Waals surface area contributed by atoms with Crippen molar-refractivity contribution in [2.75, 3.05) is 11.4 Å². The van der Waals surface area contributed by atoms with Crippen molar-refractivity contribution in [3.05, 3.63) is 45.8 Å². The molecule has 1 aromatic heterocycles. The van der Waals surface area contributed by atoms with Gasteiger partial charge in [-0.1, -0.05) is 17.7 Å². The van der Waals surface area contributed by atoms with Gasteiger partial charge in [-0.3, -0.25) is 4.31 Å². The fourth-order valence-electron chi connectivity index (χ4n) is 2.09. The SMILES string of the molecule is Cc1ccc(N(C)S(=O)(=O)c2cc(CO)oc2Br)c(C)c1. The molecule has 0 spiro atoms. The van der Waals surface area contributed by atoms with E-state index >= 15 is 0 Å². The molecule has 0 aliphatic heterocycles. The summed E-state index contributed by atoms with van der Waals surface area (Å²) in [6.07, 6.45) is 0. The number of aryl methyl sites for hydroxylation is 2. The zero-order valence-electron chi connectivity index (χ0n) is 11.9. The van der Waals surface area contributed by atoms with Crippen molar-refractivity contribution < 1.29 is 17.9 Å². The van der Waals surface area contributed by atoms with E-state index in [4.69, 9.17) is 9.52 Å². The zero-order chi connectivity index (χ0) is 15.8. The molecule has 0 saturated carbocycles. The highest BCUT2D eigenvalue weighted by molar-refractivity contribution is 9.10. The van der Waals surface area contributed by atoms with Gasteiger partial charge in [0.1, 0.15) is 17.3 Å². The second kappa shape index (κ2) is 5.82. The molecule has 0 amide bonds. The minimum absolute atomic E-state index is 0.00553. The first kappa shape index (κ1) is 16.1. The Kier molecular flexibility index (Phi) is 4.46. The van der Waals surface area contributed by atoms with Crippen molar-refractivity contribution in [1.29, 1.82) is 0 Å². The minimum Gasteiger partial charge on any atom is -0.450 e. The lowest BCUT2D eigenvalue weighted by Crippen LogP contribution is -2.27. The highest BCUT2D eigenvalue weighted by Gasteiger charge is 2.28. The molecule has 2 aromatic rings. The topological polar surface area (TPSA) is 70.8 Å². The monoisotopic (exact) mass is 373 g/mol. The van der Waals surface area contributed by atoms with E-state index in [0.29, 0.717) is 5.69 Å². The number of aliphatic hydroxyl groups excluding tert-OH is 1. The average Bonchev–Trinajstić information content (AvgIpc) is 2.80.